The van der Waals surface area contributed by atoms with Crippen LogP contribution in [0.15, 0.2) is 30.3 Å². The molecule has 9 heteroatoms. The minimum absolute atomic E-state index is 0.0317. The van der Waals surface area contributed by atoms with Crippen LogP contribution in [-0.4, -0.2) is 33.9 Å². The van der Waals surface area contributed by atoms with Crippen molar-refractivity contribution in [1.82, 2.24) is 14.6 Å². The minimum Gasteiger partial charge on any atom is -0.376 e. The lowest BCUT2D eigenvalue weighted by molar-refractivity contribution is -0.140. The zero-order valence-corrected chi connectivity index (χ0v) is 15.8. The van der Waals surface area contributed by atoms with Gasteiger partial charge in [-0.3, -0.25) is 0 Å². The van der Waals surface area contributed by atoms with E-state index in [9.17, 15) is 13.2 Å². The van der Waals surface area contributed by atoms with Gasteiger partial charge in [-0.05, 0) is 25.8 Å². The number of halogens is 4. The van der Waals surface area contributed by atoms with Gasteiger partial charge in [0.1, 0.15) is 5.82 Å². The molecule has 1 saturated heterocycles. The van der Waals surface area contributed by atoms with Crippen LogP contribution in [0.2, 0.25) is 5.02 Å². The van der Waals surface area contributed by atoms with Crippen LogP contribution in [0, 0.1) is 6.92 Å². The number of hydrogen-bond donors (Lipinski definition) is 1. The van der Waals surface area contributed by atoms with Crippen LogP contribution < -0.4 is 5.32 Å². The highest BCUT2D eigenvalue weighted by Crippen LogP contribution is 2.41. The lowest BCUT2D eigenvalue weighted by Crippen LogP contribution is -2.20. The standard InChI is InChI=1S/C19H18ClF3N4O/c1-11-9-15(24-10-12-5-4-8-28-12)27-18(25-11)16(17(26-27)19(21,22)23)13-6-2-3-7-14(13)20/h2-3,6-7,9,12,24H,4-5,8,10H2,1H3. The van der Waals surface area contributed by atoms with E-state index in [1.165, 1.54) is 10.6 Å². The summed E-state index contributed by atoms with van der Waals surface area (Å²) in [5, 5.41) is 7.23. The van der Waals surface area contributed by atoms with Crippen molar-refractivity contribution < 1.29 is 17.9 Å². The molecule has 0 amide bonds. The highest BCUT2D eigenvalue weighted by Gasteiger charge is 2.39. The summed E-state index contributed by atoms with van der Waals surface area (Å²) in [6, 6.07) is 8.06. The van der Waals surface area contributed by atoms with Crippen molar-refractivity contribution in [3.63, 3.8) is 0 Å². The molecule has 1 atom stereocenters. The monoisotopic (exact) mass is 410 g/mol. The van der Waals surface area contributed by atoms with Crippen LogP contribution in [0.1, 0.15) is 24.2 Å². The molecule has 5 nitrogen and oxygen atoms in total. The summed E-state index contributed by atoms with van der Waals surface area (Å²) in [4.78, 5) is 4.34. The molecule has 2 aromatic heterocycles. The molecule has 1 aromatic carbocycles. The van der Waals surface area contributed by atoms with E-state index in [4.69, 9.17) is 16.3 Å². The molecule has 3 aromatic rings. The second-order valence-corrected chi connectivity index (χ2v) is 7.14. The topological polar surface area (TPSA) is 51.5 Å². The number of anilines is 1. The van der Waals surface area contributed by atoms with Gasteiger partial charge in [0.25, 0.3) is 0 Å². The summed E-state index contributed by atoms with van der Waals surface area (Å²) < 4.78 is 48.1. The average molecular weight is 411 g/mol. The number of nitrogens with zero attached hydrogens (tertiary/aromatic N) is 3. The van der Waals surface area contributed by atoms with Gasteiger partial charge in [-0.25, -0.2) is 4.98 Å². The molecule has 0 saturated carbocycles. The zero-order chi connectivity index (χ0) is 19.9. The van der Waals surface area contributed by atoms with Gasteiger partial charge in [0, 0.05) is 35.5 Å². The lowest BCUT2D eigenvalue weighted by Gasteiger charge is -2.13. The molecular formula is C19H18ClF3N4O. The molecule has 1 fully saturated rings. The van der Waals surface area contributed by atoms with Gasteiger partial charge in [0.2, 0.25) is 0 Å². The number of ether oxygens (including phenoxy) is 1. The van der Waals surface area contributed by atoms with Crippen LogP contribution in [0.5, 0.6) is 0 Å². The third-order valence-corrected chi connectivity index (χ3v) is 4.99. The van der Waals surface area contributed by atoms with Gasteiger partial charge in [-0.15, -0.1) is 0 Å². The number of nitrogens with one attached hydrogen (secondary N) is 1. The Morgan fingerprint density at radius 1 is 1.32 bits per heavy atom. The lowest BCUT2D eigenvalue weighted by atomic mass is 10.1. The van der Waals surface area contributed by atoms with Gasteiger partial charge in [-0.1, -0.05) is 29.8 Å². The Bertz CT molecular complexity index is 1010. The predicted octanol–water partition coefficient (Wildman–Crippen LogP) is 4.97. The summed E-state index contributed by atoms with van der Waals surface area (Å²) in [6.45, 7) is 2.92. The second-order valence-electron chi connectivity index (χ2n) is 6.74. The predicted molar refractivity (Wildman–Crippen MR) is 101 cm³/mol. The molecule has 28 heavy (non-hydrogen) atoms. The smallest absolute Gasteiger partial charge is 0.376 e. The van der Waals surface area contributed by atoms with Gasteiger partial charge in [0.05, 0.1) is 11.7 Å². The van der Waals surface area contributed by atoms with Crippen LogP contribution in [0.4, 0.5) is 19.0 Å². The molecular weight excluding hydrogens is 393 g/mol. The molecule has 1 aliphatic rings. The van der Waals surface area contributed by atoms with Crippen molar-refractivity contribution in [2.45, 2.75) is 32.0 Å². The summed E-state index contributed by atoms with van der Waals surface area (Å²) in [7, 11) is 0. The van der Waals surface area contributed by atoms with E-state index < -0.39 is 11.9 Å². The van der Waals surface area contributed by atoms with Crippen LogP contribution >= 0.6 is 11.6 Å². The summed E-state index contributed by atoms with van der Waals surface area (Å²) >= 11 is 6.20. The van der Waals surface area contributed by atoms with Gasteiger partial charge in [-0.2, -0.15) is 22.8 Å². The van der Waals surface area contributed by atoms with Crippen LogP contribution in [0.3, 0.4) is 0 Å². The first-order valence-corrected chi connectivity index (χ1v) is 9.30. The Labute approximate surface area is 164 Å². The molecule has 148 valence electrons. The van der Waals surface area contributed by atoms with E-state index in [2.05, 4.69) is 15.4 Å². The van der Waals surface area contributed by atoms with Crippen LogP contribution in [0.25, 0.3) is 16.8 Å². The number of alkyl halides is 3. The maximum Gasteiger partial charge on any atom is 0.435 e. The van der Waals surface area contributed by atoms with Gasteiger partial charge >= 0.3 is 6.18 Å². The SMILES string of the molecule is Cc1cc(NCC2CCCO2)n2nc(C(F)(F)F)c(-c3ccccc3Cl)c2n1. The third kappa shape index (κ3) is 3.54. The molecule has 1 unspecified atom stereocenters. The van der Waals surface area contributed by atoms with Crippen molar-refractivity contribution in [2.24, 2.45) is 0 Å². The molecule has 0 spiro atoms. The van der Waals surface area contributed by atoms with Crippen molar-refractivity contribution in [3.8, 4) is 11.1 Å². The Morgan fingerprint density at radius 3 is 2.79 bits per heavy atom. The molecule has 4 rings (SSSR count). The highest BCUT2D eigenvalue weighted by atomic mass is 35.5. The van der Waals surface area contributed by atoms with Crippen molar-refractivity contribution in [3.05, 3.63) is 46.7 Å². The molecule has 1 aliphatic heterocycles. The first-order valence-electron chi connectivity index (χ1n) is 8.92. The van der Waals surface area contributed by atoms with Crippen molar-refractivity contribution in [1.29, 1.82) is 0 Å². The van der Waals surface area contributed by atoms with Gasteiger partial charge < -0.3 is 10.1 Å². The fourth-order valence-electron chi connectivity index (χ4n) is 3.40. The number of rotatable bonds is 4. The van der Waals surface area contributed by atoms with E-state index in [-0.39, 0.29) is 27.9 Å². The number of benzene rings is 1. The normalized spacial score (nSPS) is 17.4. The fraction of sp³-hybridized carbons (Fsp3) is 0.368. The number of aromatic nitrogens is 3. The number of fused-ring (bicyclic) bond motifs is 1. The first-order chi connectivity index (χ1) is 13.3. The van der Waals surface area contributed by atoms with Crippen molar-refractivity contribution in [2.75, 3.05) is 18.5 Å². The molecule has 0 radical (unpaired) electrons. The van der Waals surface area contributed by atoms with Crippen LogP contribution in [-0.2, 0) is 10.9 Å². The third-order valence-electron chi connectivity index (χ3n) is 4.66. The first kappa shape index (κ1) is 19.0. The molecule has 0 bridgehead atoms. The Balaban J connectivity index is 1.88. The number of aryl methyl sites for hydroxylation is 1. The maximum absolute atomic E-state index is 13.8. The molecule has 1 N–H and O–H groups in total. The van der Waals surface area contributed by atoms with E-state index in [0.717, 1.165) is 12.8 Å². The zero-order valence-electron chi connectivity index (χ0n) is 15.1. The highest BCUT2D eigenvalue weighted by molar-refractivity contribution is 6.33. The van der Waals surface area contributed by atoms with Gasteiger partial charge in [0.15, 0.2) is 11.3 Å². The summed E-state index contributed by atoms with van der Waals surface area (Å²) in [6.07, 6.45) is -2.72. The van der Waals surface area contributed by atoms with E-state index >= 15 is 0 Å². The average Bonchev–Trinajstić information content (AvgIpc) is 3.27. The Morgan fingerprint density at radius 2 is 2.11 bits per heavy atom. The summed E-state index contributed by atoms with van der Waals surface area (Å²) in [5.41, 5.74) is -0.213. The molecule has 0 aliphatic carbocycles. The Hall–Kier alpha value is -2.32. The fourth-order valence-corrected chi connectivity index (χ4v) is 3.63. The van der Waals surface area contributed by atoms with E-state index in [1.54, 1.807) is 31.2 Å². The Kier molecular flexibility index (Phi) is 4.93. The molecule has 3 heterocycles. The minimum atomic E-state index is -4.65. The van der Waals surface area contributed by atoms with E-state index in [0.29, 0.717) is 24.7 Å². The largest absolute Gasteiger partial charge is 0.435 e. The maximum atomic E-state index is 13.8. The van der Waals surface area contributed by atoms with Crippen molar-refractivity contribution >= 4 is 23.1 Å². The van der Waals surface area contributed by atoms with E-state index in [1.807, 2.05) is 0 Å². The quantitative estimate of drug-likeness (QED) is 0.660. The second kappa shape index (κ2) is 7.25. The number of hydrogen-bond acceptors (Lipinski definition) is 4. The summed E-state index contributed by atoms with van der Waals surface area (Å²) in [5.74, 6) is 0.432.